The zero-order valence-electron chi connectivity index (χ0n) is 18.8. The zero-order chi connectivity index (χ0) is 24.5. The second kappa shape index (κ2) is 9.12. The van der Waals surface area contributed by atoms with E-state index in [-0.39, 0.29) is 17.8 Å². The molecule has 0 bridgehead atoms. The highest BCUT2D eigenvalue weighted by Crippen LogP contribution is 2.26. The van der Waals surface area contributed by atoms with Gasteiger partial charge in [0.25, 0.3) is 11.5 Å². The van der Waals surface area contributed by atoms with Gasteiger partial charge < -0.3 is 5.32 Å². The molecule has 0 spiro atoms. The van der Waals surface area contributed by atoms with Crippen molar-refractivity contribution in [2.75, 3.05) is 0 Å². The van der Waals surface area contributed by atoms with Crippen LogP contribution in [0.4, 0.5) is 4.79 Å². The van der Waals surface area contributed by atoms with Crippen LogP contribution in [0.2, 0.25) is 5.02 Å². The minimum atomic E-state index is -0.535. The highest BCUT2D eigenvalue weighted by atomic mass is 35.5. The molecule has 8 heteroatoms. The summed E-state index contributed by atoms with van der Waals surface area (Å²) in [5.74, 6) is -0.498. The van der Waals surface area contributed by atoms with E-state index >= 15 is 0 Å². The van der Waals surface area contributed by atoms with Crippen LogP contribution in [-0.2, 0) is 11.3 Å². The number of hydrogen-bond acceptors (Lipinski definition) is 3. The average molecular weight is 485 g/mol. The molecule has 0 atom stereocenters. The number of benzene rings is 3. The van der Waals surface area contributed by atoms with Crippen molar-refractivity contribution >= 4 is 29.6 Å². The van der Waals surface area contributed by atoms with E-state index in [2.05, 4.69) is 10.4 Å². The Hall–Kier alpha value is -4.36. The average Bonchev–Trinajstić information content (AvgIpc) is 3.32. The Morgan fingerprint density at radius 3 is 2.31 bits per heavy atom. The predicted molar refractivity (Wildman–Crippen MR) is 135 cm³/mol. The SMILES string of the molecule is Cc1ccccc1CN1C(=O)NC(=Cc2c(-c3ccccc3)[nH]n(-c3ccccc3Cl)c2=O)C1=O. The third-order valence-corrected chi connectivity index (χ3v) is 6.24. The van der Waals surface area contributed by atoms with E-state index in [9.17, 15) is 14.4 Å². The molecule has 3 aromatic carbocycles. The number of para-hydroxylation sites is 1. The van der Waals surface area contributed by atoms with E-state index in [0.29, 0.717) is 16.4 Å². The van der Waals surface area contributed by atoms with Crippen LogP contribution in [0.25, 0.3) is 23.0 Å². The fourth-order valence-electron chi connectivity index (χ4n) is 4.03. The first-order chi connectivity index (χ1) is 16.9. The Bertz CT molecular complexity index is 1540. The maximum absolute atomic E-state index is 13.5. The lowest BCUT2D eigenvalue weighted by Crippen LogP contribution is -2.30. The maximum Gasteiger partial charge on any atom is 0.329 e. The first kappa shape index (κ1) is 22.4. The van der Waals surface area contributed by atoms with Gasteiger partial charge in [-0.3, -0.25) is 19.6 Å². The number of aromatic amines is 1. The quantitative estimate of drug-likeness (QED) is 0.312. The molecule has 4 aromatic rings. The van der Waals surface area contributed by atoms with Crippen molar-refractivity contribution in [1.29, 1.82) is 0 Å². The number of hydrogen-bond donors (Lipinski definition) is 2. The molecule has 1 saturated heterocycles. The summed E-state index contributed by atoms with van der Waals surface area (Å²) in [6.45, 7) is 2.06. The largest absolute Gasteiger partial charge is 0.329 e. The number of nitrogens with one attached hydrogen (secondary N) is 2. The van der Waals surface area contributed by atoms with Gasteiger partial charge in [-0.25, -0.2) is 9.48 Å². The number of urea groups is 1. The first-order valence-corrected chi connectivity index (χ1v) is 11.4. The van der Waals surface area contributed by atoms with Gasteiger partial charge in [0.1, 0.15) is 5.70 Å². The number of rotatable bonds is 5. The Labute approximate surface area is 206 Å². The minimum absolute atomic E-state index is 0.0307. The molecule has 2 N–H and O–H groups in total. The van der Waals surface area contributed by atoms with Gasteiger partial charge in [-0.2, -0.15) is 0 Å². The Morgan fingerprint density at radius 1 is 0.886 bits per heavy atom. The van der Waals surface area contributed by atoms with Crippen molar-refractivity contribution in [3.8, 4) is 16.9 Å². The third kappa shape index (κ3) is 4.18. The zero-order valence-corrected chi connectivity index (χ0v) is 19.5. The highest BCUT2D eigenvalue weighted by Gasteiger charge is 2.34. The summed E-state index contributed by atoms with van der Waals surface area (Å²) in [6.07, 6.45) is 1.42. The fourth-order valence-corrected chi connectivity index (χ4v) is 4.25. The molecule has 0 radical (unpaired) electrons. The standard InChI is InChI=1S/C27H21ClN4O3/c1-17-9-5-6-12-19(17)16-31-26(34)22(29-27(31)35)15-20-24(18-10-3-2-4-11-18)30-32(25(20)33)23-14-8-7-13-21(23)28/h2-15,30H,16H2,1H3,(H,29,35). The van der Waals surface area contributed by atoms with Crippen LogP contribution in [0.3, 0.4) is 0 Å². The van der Waals surface area contributed by atoms with Crippen molar-refractivity contribution in [2.45, 2.75) is 13.5 Å². The second-order valence-electron chi connectivity index (χ2n) is 8.16. The lowest BCUT2D eigenvalue weighted by atomic mass is 10.1. The second-order valence-corrected chi connectivity index (χ2v) is 8.57. The summed E-state index contributed by atoms with van der Waals surface area (Å²) in [5, 5.41) is 6.13. The van der Waals surface area contributed by atoms with Crippen LogP contribution in [-0.4, -0.2) is 26.6 Å². The number of amides is 3. The first-order valence-electron chi connectivity index (χ1n) is 11.0. The van der Waals surface area contributed by atoms with Crippen molar-refractivity contribution in [3.05, 3.63) is 117 Å². The van der Waals surface area contributed by atoms with Gasteiger partial charge in [-0.05, 0) is 36.3 Å². The molecular formula is C27H21ClN4O3. The molecule has 0 aliphatic carbocycles. The van der Waals surface area contributed by atoms with Crippen molar-refractivity contribution in [2.24, 2.45) is 0 Å². The van der Waals surface area contributed by atoms with E-state index in [0.717, 1.165) is 21.6 Å². The van der Waals surface area contributed by atoms with Gasteiger partial charge in [-0.15, -0.1) is 0 Å². The number of nitrogens with zero attached hydrogens (tertiary/aromatic N) is 2. The summed E-state index contributed by atoms with van der Waals surface area (Å²) < 4.78 is 1.34. The number of carbonyl (C=O) groups excluding carboxylic acids is 2. The highest BCUT2D eigenvalue weighted by molar-refractivity contribution is 6.32. The summed E-state index contributed by atoms with van der Waals surface area (Å²) in [6, 6.07) is 23.3. The summed E-state index contributed by atoms with van der Waals surface area (Å²) >= 11 is 6.35. The molecule has 35 heavy (non-hydrogen) atoms. The van der Waals surface area contributed by atoms with Gasteiger partial charge in [-0.1, -0.05) is 78.3 Å². The number of halogens is 1. The molecule has 0 saturated carbocycles. The molecule has 1 fully saturated rings. The van der Waals surface area contributed by atoms with Crippen LogP contribution in [0, 0.1) is 6.92 Å². The van der Waals surface area contributed by atoms with Crippen LogP contribution in [0.1, 0.15) is 16.7 Å². The van der Waals surface area contributed by atoms with Gasteiger partial charge in [0, 0.05) is 5.56 Å². The lowest BCUT2D eigenvalue weighted by molar-refractivity contribution is -0.123. The fraction of sp³-hybridized carbons (Fsp3) is 0.0741. The van der Waals surface area contributed by atoms with Crippen molar-refractivity contribution in [1.82, 2.24) is 20.0 Å². The van der Waals surface area contributed by atoms with E-state index in [1.165, 1.54) is 10.8 Å². The van der Waals surface area contributed by atoms with Crippen molar-refractivity contribution < 1.29 is 9.59 Å². The number of imide groups is 1. The molecule has 174 valence electrons. The summed E-state index contributed by atoms with van der Waals surface area (Å²) in [5.41, 5.74) is 3.43. The molecule has 7 nitrogen and oxygen atoms in total. The summed E-state index contributed by atoms with van der Waals surface area (Å²) in [4.78, 5) is 40.5. The van der Waals surface area contributed by atoms with Crippen LogP contribution >= 0.6 is 11.6 Å². The third-order valence-electron chi connectivity index (χ3n) is 5.92. The van der Waals surface area contributed by atoms with E-state index < -0.39 is 17.5 Å². The number of H-pyrrole nitrogens is 1. The molecule has 5 rings (SSSR count). The van der Waals surface area contributed by atoms with Gasteiger partial charge in [0.15, 0.2) is 0 Å². The molecule has 1 aliphatic heterocycles. The minimum Gasteiger partial charge on any atom is -0.303 e. The van der Waals surface area contributed by atoms with E-state index in [1.54, 1.807) is 24.3 Å². The molecule has 2 heterocycles. The van der Waals surface area contributed by atoms with Gasteiger partial charge in [0.05, 0.1) is 28.5 Å². The van der Waals surface area contributed by atoms with Crippen LogP contribution < -0.4 is 10.9 Å². The van der Waals surface area contributed by atoms with Crippen LogP contribution in [0.5, 0.6) is 0 Å². The lowest BCUT2D eigenvalue weighted by Gasteiger charge is -2.13. The Kier molecular flexibility index (Phi) is 5.84. The molecule has 3 amide bonds. The number of aromatic nitrogens is 2. The van der Waals surface area contributed by atoms with Crippen LogP contribution in [0.15, 0.2) is 89.4 Å². The number of carbonyl (C=O) groups is 2. The van der Waals surface area contributed by atoms with Gasteiger partial charge >= 0.3 is 6.03 Å². The predicted octanol–water partition coefficient (Wildman–Crippen LogP) is 4.89. The Morgan fingerprint density at radius 2 is 1.57 bits per heavy atom. The molecule has 0 unspecified atom stereocenters. The van der Waals surface area contributed by atoms with E-state index in [1.807, 2.05) is 61.5 Å². The maximum atomic E-state index is 13.5. The van der Waals surface area contributed by atoms with E-state index in [4.69, 9.17) is 11.6 Å². The molecule has 1 aromatic heterocycles. The number of aryl methyl sites for hydroxylation is 1. The van der Waals surface area contributed by atoms with Gasteiger partial charge in [0.2, 0.25) is 0 Å². The molecular weight excluding hydrogens is 464 g/mol. The summed E-state index contributed by atoms with van der Waals surface area (Å²) in [7, 11) is 0. The topological polar surface area (TPSA) is 87.2 Å². The smallest absolute Gasteiger partial charge is 0.303 e. The Balaban J connectivity index is 1.59. The molecule has 1 aliphatic rings. The monoisotopic (exact) mass is 484 g/mol. The normalized spacial score (nSPS) is 14.6. The van der Waals surface area contributed by atoms with Crippen molar-refractivity contribution in [3.63, 3.8) is 0 Å².